The molecule has 0 unspecified atom stereocenters. The van der Waals surface area contributed by atoms with E-state index in [4.69, 9.17) is 4.74 Å². The molecule has 3 heterocycles. The number of benzene rings is 5. The number of hydrogen-bond acceptors (Lipinski definition) is 7. The highest BCUT2D eigenvalue weighted by atomic mass is 28.4. The van der Waals surface area contributed by atoms with Crippen LogP contribution in [-0.2, 0) is 33.0 Å². The molecule has 3 aliphatic rings. The Morgan fingerprint density at radius 1 is 0.946 bits per heavy atom. The van der Waals surface area contributed by atoms with Gasteiger partial charge in [-0.15, -0.1) is 0 Å². The van der Waals surface area contributed by atoms with Crippen LogP contribution in [0.2, 0.25) is 18.6 Å². The van der Waals surface area contributed by atoms with E-state index in [1.54, 1.807) is 11.8 Å². The zero-order valence-corrected chi connectivity index (χ0v) is 32.2. The van der Waals surface area contributed by atoms with Gasteiger partial charge >= 0.3 is 0 Å². The zero-order valence-electron chi connectivity index (χ0n) is 31.2. The number of nitro groups is 1. The second-order valence-corrected chi connectivity index (χ2v) is 19.1. The summed E-state index contributed by atoms with van der Waals surface area (Å²) in [4.78, 5) is 59.0. The average Bonchev–Trinajstić information content (AvgIpc) is 3.73. The molecule has 0 bridgehead atoms. The molecule has 1 spiro atoms. The van der Waals surface area contributed by atoms with Crippen molar-refractivity contribution < 1.29 is 33.3 Å². The molecule has 56 heavy (non-hydrogen) atoms. The Morgan fingerprint density at radius 2 is 1.66 bits per heavy atom. The predicted octanol–water partition coefficient (Wildman–Crippen LogP) is 7.77. The molecular formula is C43H41FN4O7Si. The van der Waals surface area contributed by atoms with E-state index in [1.165, 1.54) is 41.1 Å². The Kier molecular flexibility index (Phi) is 9.34. The van der Waals surface area contributed by atoms with E-state index >= 15 is 8.90 Å². The molecule has 0 aliphatic carbocycles. The minimum Gasteiger partial charge on any atom is -0.395 e. The molecule has 3 aliphatic heterocycles. The number of rotatable bonds is 11. The quantitative estimate of drug-likeness (QED) is 0.0628. The van der Waals surface area contributed by atoms with Crippen molar-refractivity contribution in [3.63, 3.8) is 0 Å². The third kappa shape index (κ3) is 6.06. The molecular weight excluding hydrogens is 732 g/mol. The van der Waals surface area contributed by atoms with E-state index < -0.39 is 42.4 Å². The molecule has 1 N–H and O–H groups in total. The van der Waals surface area contributed by atoms with Gasteiger partial charge in [0.2, 0.25) is 14.3 Å². The predicted molar refractivity (Wildman–Crippen MR) is 213 cm³/mol. The van der Waals surface area contributed by atoms with Crippen LogP contribution in [0.4, 0.5) is 26.9 Å². The lowest BCUT2D eigenvalue weighted by Gasteiger charge is -2.31. The van der Waals surface area contributed by atoms with Crippen molar-refractivity contribution in [2.24, 2.45) is 5.92 Å². The Bertz CT molecular complexity index is 2400. The highest BCUT2D eigenvalue weighted by molar-refractivity contribution is 6.72. The summed E-state index contributed by atoms with van der Waals surface area (Å²) in [6.07, 6.45) is -1.27. The number of anilines is 3. The number of nitro benzene ring substituents is 1. The maximum atomic E-state index is 16.6. The van der Waals surface area contributed by atoms with Gasteiger partial charge in [-0.2, -0.15) is 0 Å². The maximum Gasteiger partial charge on any atom is 0.269 e. The van der Waals surface area contributed by atoms with Crippen molar-refractivity contribution in [3.8, 4) is 0 Å². The van der Waals surface area contributed by atoms with Crippen LogP contribution in [0, 0.1) is 16.0 Å². The van der Waals surface area contributed by atoms with Gasteiger partial charge in [0.1, 0.15) is 0 Å². The average molecular weight is 773 g/mol. The minimum absolute atomic E-state index is 0.0283. The molecule has 8 rings (SSSR count). The summed E-state index contributed by atoms with van der Waals surface area (Å²) < 4.78 is 23.3. The van der Waals surface area contributed by atoms with E-state index in [0.717, 1.165) is 22.0 Å². The first kappa shape index (κ1) is 37.2. The van der Waals surface area contributed by atoms with Gasteiger partial charge in [0.25, 0.3) is 17.5 Å². The van der Waals surface area contributed by atoms with Crippen molar-refractivity contribution in [1.29, 1.82) is 0 Å². The Balaban J connectivity index is 1.15. The summed E-state index contributed by atoms with van der Waals surface area (Å²) in [7, 11) is -3.68. The maximum absolute atomic E-state index is 16.6. The zero-order chi connectivity index (χ0) is 39.5. The summed E-state index contributed by atoms with van der Waals surface area (Å²) in [6.45, 7) is 4.81. The fraction of sp³-hybridized carbons (Fsp3) is 0.279. The number of halogens is 1. The third-order valence-electron chi connectivity index (χ3n) is 11.5. The largest absolute Gasteiger partial charge is 0.395 e. The van der Waals surface area contributed by atoms with Gasteiger partial charge in [-0.05, 0) is 59.9 Å². The second kappa shape index (κ2) is 14.1. The summed E-state index contributed by atoms with van der Waals surface area (Å²) in [6, 6.07) is 32.2. The lowest BCUT2D eigenvalue weighted by molar-refractivity contribution is -0.385. The number of fused-ring (bicyclic) bond motifs is 2. The van der Waals surface area contributed by atoms with Crippen molar-refractivity contribution in [2.75, 3.05) is 23.0 Å². The smallest absolute Gasteiger partial charge is 0.269 e. The van der Waals surface area contributed by atoms with Gasteiger partial charge < -0.3 is 23.8 Å². The highest BCUT2D eigenvalue weighted by Gasteiger charge is 2.67. The summed E-state index contributed by atoms with van der Waals surface area (Å²) >= 11 is 0. The monoisotopic (exact) mass is 772 g/mol. The summed E-state index contributed by atoms with van der Waals surface area (Å²) in [5.74, 6) is -1.83. The molecule has 5 aromatic carbocycles. The standard InChI is InChI=1S/C43H41FN4O7Si/c1-27-40(56(2,3)44)37(24-38(50)45(20-21-49)25-28-10-5-4-6-11-28)55-43(27)34-23-32(48(53)54)18-19-35(34)46(42(43)52)26-29-12-7-15-31(22-29)47-36-17-9-14-30-13-8-16-33(39(30)36)41(47)51/h4-19,22-23,27,37,40,49H,20-21,24-26H2,1-3H3/t27-,37+,40-,43+/m0/s1. The van der Waals surface area contributed by atoms with E-state index in [9.17, 15) is 24.8 Å². The first-order valence-corrected chi connectivity index (χ1v) is 21.6. The van der Waals surface area contributed by atoms with Crippen molar-refractivity contribution in [2.45, 2.75) is 56.8 Å². The van der Waals surface area contributed by atoms with Gasteiger partial charge in [0.05, 0.1) is 47.5 Å². The van der Waals surface area contributed by atoms with Crippen molar-refractivity contribution in [1.82, 2.24) is 4.90 Å². The molecule has 11 nitrogen and oxygen atoms in total. The van der Waals surface area contributed by atoms with Crippen molar-refractivity contribution >= 4 is 59.7 Å². The third-order valence-corrected chi connectivity index (χ3v) is 14.0. The number of non-ortho nitro benzene ring substituents is 1. The number of aliphatic hydroxyl groups excluding tert-OH is 1. The van der Waals surface area contributed by atoms with Gasteiger partial charge in [0.15, 0.2) is 5.60 Å². The Morgan fingerprint density at radius 3 is 2.38 bits per heavy atom. The van der Waals surface area contributed by atoms with Gasteiger partial charge in [-0.1, -0.05) is 73.7 Å². The summed E-state index contributed by atoms with van der Waals surface area (Å²) in [5, 5.41) is 23.8. The molecule has 1 fully saturated rings. The molecule has 3 amide bonds. The van der Waals surface area contributed by atoms with Crippen LogP contribution in [0.1, 0.15) is 40.4 Å². The second-order valence-electron chi connectivity index (χ2n) is 15.3. The van der Waals surface area contributed by atoms with Crippen LogP contribution in [0.25, 0.3) is 10.8 Å². The lowest BCUT2D eigenvalue weighted by atomic mass is 9.82. The number of hydrogen-bond donors (Lipinski definition) is 1. The Hall–Kier alpha value is -5.76. The van der Waals surface area contributed by atoms with Crippen LogP contribution in [0.15, 0.2) is 109 Å². The van der Waals surface area contributed by atoms with Crippen LogP contribution >= 0.6 is 0 Å². The van der Waals surface area contributed by atoms with Crippen LogP contribution in [0.3, 0.4) is 0 Å². The number of nitrogens with zero attached hydrogens (tertiary/aromatic N) is 4. The van der Waals surface area contributed by atoms with Crippen LogP contribution in [0.5, 0.6) is 0 Å². The van der Waals surface area contributed by atoms with Crippen LogP contribution < -0.4 is 9.80 Å². The minimum atomic E-state index is -3.68. The number of carbonyl (C=O) groups is 3. The molecule has 5 aromatic rings. The molecule has 0 radical (unpaired) electrons. The molecule has 1 saturated heterocycles. The molecule has 4 atom stereocenters. The van der Waals surface area contributed by atoms with Gasteiger partial charge in [-0.25, -0.2) is 0 Å². The number of ether oxygens (including phenoxy) is 1. The normalized spacial score (nSPS) is 21.3. The van der Waals surface area contributed by atoms with E-state index in [1.807, 2.05) is 91.0 Å². The number of aliphatic hydroxyl groups is 1. The van der Waals surface area contributed by atoms with Crippen molar-refractivity contribution in [3.05, 3.63) is 142 Å². The van der Waals surface area contributed by atoms with E-state index in [2.05, 4.69) is 0 Å². The first-order valence-electron chi connectivity index (χ1n) is 18.7. The van der Waals surface area contributed by atoms with E-state index in [0.29, 0.717) is 22.5 Å². The summed E-state index contributed by atoms with van der Waals surface area (Å²) in [5.41, 5.74) is 1.26. The fourth-order valence-corrected chi connectivity index (χ4v) is 11.7. The Labute approximate surface area is 324 Å². The lowest BCUT2D eigenvalue weighted by Crippen LogP contribution is -2.45. The number of carbonyl (C=O) groups excluding carboxylic acids is 3. The number of amides is 3. The SMILES string of the molecule is C[C@H]1[C@H]([Si](C)(C)F)[C@@H](CC(=O)N(CCO)Cc2ccccc2)O[C@]12C(=O)N(Cc1cccc(N3C(=O)c4cccc5cccc3c45)c1)c1ccc([N+](=O)[O-])cc12. The molecule has 286 valence electrons. The first-order chi connectivity index (χ1) is 26.8. The highest BCUT2D eigenvalue weighted by Crippen LogP contribution is 2.61. The van der Waals surface area contributed by atoms with Crippen LogP contribution in [-0.4, -0.2) is 60.3 Å². The van der Waals surface area contributed by atoms with E-state index in [-0.39, 0.29) is 55.7 Å². The van der Waals surface area contributed by atoms with Gasteiger partial charge in [0, 0.05) is 53.3 Å². The topological polar surface area (TPSA) is 134 Å². The van der Waals surface area contributed by atoms with Gasteiger partial charge in [-0.3, -0.25) is 29.4 Å². The fourth-order valence-electron chi connectivity index (χ4n) is 9.17. The molecule has 13 heteroatoms. The molecule has 0 aromatic heterocycles. The molecule has 0 saturated carbocycles.